The predicted molar refractivity (Wildman–Crippen MR) is 81.8 cm³/mol. The van der Waals surface area contributed by atoms with E-state index in [-0.39, 0.29) is 0 Å². The van der Waals surface area contributed by atoms with E-state index in [4.69, 9.17) is 5.73 Å². The van der Waals surface area contributed by atoms with Crippen LogP contribution in [0.25, 0.3) is 21.5 Å². The molecule has 0 radical (unpaired) electrons. The van der Waals surface area contributed by atoms with Crippen LogP contribution in [0.1, 0.15) is 5.56 Å². The number of nitrogens with zero attached hydrogens (tertiary/aromatic N) is 1. The zero-order chi connectivity index (χ0) is 13.9. The molecule has 0 atom stereocenters. The van der Waals surface area contributed by atoms with Gasteiger partial charge in [-0.1, -0.05) is 48.5 Å². The summed E-state index contributed by atoms with van der Waals surface area (Å²) >= 11 is 0. The normalized spacial score (nSPS) is 11.2. The van der Waals surface area contributed by atoms with Crippen LogP contribution in [0.15, 0.2) is 59.7 Å². The molecule has 0 bridgehead atoms. The smallest absolute Gasteiger partial charge is 0.332 e. The van der Waals surface area contributed by atoms with Gasteiger partial charge in [-0.2, -0.15) is 5.10 Å². The quantitative estimate of drug-likeness (QED) is 0.416. The van der Waals surface area contributed by atoms with Crippen LogP contribution in [0.5, 0.6) is 0 Å². The van der Waals surface area contributed by atoms with E-state index in [2.05, 4.69) is 28.7 Å². The molecule has 3 aromatic rings. The van der Waals surface area contributed by atoms with Crippen LogP contribution in [-0.4, -0.2) is 12.2 Å². The lowest BCUT2D eigenvalue weighted by atomic mass is 9.97. The number of hydrogen-bond acceptors (Lipinski definition) is 2. The van der Waals surface area contributed by atoms with Gasteiger partial charge in [-0.3, -0.25) is 0 Å². The molecule has 0 heterocycles. The minimum absolute atomic E-state index is 0.675. The minimum atomic E-state index is -0.675. The van der Waals surface area contributed by atoms with Crippen LogP contribution >= 0.6 is 0 Å². The van der Waals surface area contributed by atoms with E-state index in [9.17, 15) is 4.79 Å². The average Bonchev–Trinajstić information content (AvgIpc) is 2.46. The van der Waals surface area contributed by atoms with Crippen molar-refractivity contribution in [2.75, 3.05) is 0 Å². The fourth-order valence-electron chi connectivity index (χ4n) is 2.35. The molecule has 0 aliphatic rings. The van der Waals surface area contributed by atoms with Crippen molar-refractivity contribution in [1.82, 2.24) is 5.43 Å². The van der Waals surface area contributed by atoms with Gasteiger partial charge in [0.05, 0.1) is 6.21 Å². The van der Waals surface area contributed by atoms with E-state index >= 15 is 0 Å². The lowest BCUT2D eigenvalue weighted by molar-refractivity contribution is 0.249. The van der Waals surface area contributed by atoms with Gasteiger partial charge in [0.2, 0.25) is 0 Å². The maximum atomic E-state index is 10.7. The first-order valence-corrected chi connectivity index (χ1v) is 6.25. The van der Waals surface area contributed by atoms with Crippen molar-refractivity contribution in [2.24, 2.45) is 10.8 Å². The molecule has 3 rings (SSSR count). The Balaban J connectivity index is 2.27. The monoisotopic (exact) mass is 263 g/mol. The molecule has 0 saturated heterocycles. The second-order valence-corrected chi connectivity index (χ2v) is 4.47. The average molecular weight is 263 g/mol. The Labute approximate surface area is 115 Å². The zero-order valence-corrected chi connectivity index (χ0v) is 10.7. The fourth-order valence-corrected chi connectivity index (χ4v) is 2.35. The molecule has 0 unspecified atom stereocenters. The maximum Gasteiger partial charge on any atom is 0.332 e. The summed E-state index contributed by atoms with van der Waals surface area (Å²) in [5, 5.41) is 8.32. The molecule has 0 aliphatic heterocycles. The first-order valence-electron chi connectivity index (χ1n) is 6.25. The first-order chi connectivity index (χ1) is 9.75. The molecule has 3 aromatic carbocycles. The van der Waals surface area contributed by atoms with Crippen molar-refractivity contribution < 1.29 is 4.79 Å². The van der Waals surface area contributed by atoms with Gasteiger partial charge in [0, 0.05) is 5.56 Å². The summed E-state index contributed by atoms with van der Waals surface area (Å²) in [4.78, 5) is 10.7. The number of urea groups is 1. The van der Waals surface area contributed by atoms with Crippen molar-refractivity contribution in [3.05, 3.63) is 60.2 Å². The summed E-state index contributed by atoms with van der Waals surface area (Å²) in [5.41, 5.74) is 8.22. The van der Waals surface area contributed by atoms with E-state index in [1.807, 2.05) is 36.4 Å². The van der Waals surface area contributed by atoms with Gasteiger partial charge in [0.15, 0.2) is 0 Å². The Bertz CT molecular complexity index is 770. The van der Waals surface area contributed by atoms with Gasteiger partial charge in [-0.15, -0.1) is 0 Å². The molecule has 98 valence electrons. The highest BCUT2D eigenvalue weighted by atomic mass is 16.2. The fraction of sp³-hybridized carbons (Fsp3) is 0. The van der Waals surface area contributed by atoms with Gasteiger partial charge < -0.3 is 5.73 Å². The molecule has 3 N–H and O–H groups in total. The number of carbonyl (C=O) groups excluding carboxylic acids is 1. The number of hydrogen-bond donors (Lipinski definition) is 2. The van der Waals surface area contributed by atoms with Crippen molar-refractivity contribution in [3.8, 4) is 0 Å². The van der Waals surface area contributed by atoms with Gasteiger partial charge in [-0.25, -0.2) is 10.2 Å². The van der Waals surface area contributed by atoms with Crippen molar-refractivity contribution >= 4 is 33.8 Å². The molecule has 0 fully saturated rings. The van der Waals surface area contributed by atoms with E-state index in [0.717, 1.165) is 27.1 Å². The van der Waals surface area contributed by atoms with Crippen LogP contribution in [0.4, 0.5) is 4.79 Å². The Morgan fingerprint density at radius 3 is 2.10 bits per heavy atom. The largest absolute Gasteiger partial charge is 0.350 e. The number of amides is 2. The molecule has 2 amide bonds. The predicted octanol–water partition coefficient (Wildman–Crippen LogP) is 3.00. The number of primary amides is 1. The number of rotatable bonds is 2. The SMILES string of the molecule is NC(=O)N/N=C\c1c2ccccc2cc2ccccc12. The molecule has 4 heteroatoms. The summed E-state index contributed by atoms with van der Waals surface area (Å²) in [6, 6.07) is 17.6. The second kappa shape index (κ2) is 5.01. The van der Waals surface area contributed by atoms with Gasteiger partial charge in [0.25, 0.3) is 0 Å². The van der Waals surface area contributed by atoms with Crippen molar-refractivity contribution in [2.45, 2.75) is 0 Å². The number of nitrogens with two attached hydrogens (primary N) is 1. The number of benzene rings is 3. The third-order valence-electron chi connectivity index (χ3n) is 3.18. The van der Waals surface area contributed by atoms with Crippen LogP contribution in [0.2, 0.25) is 0 Å². The first kappa shape index (κ1) is 12.2. The topological polar surface area (TPSA) is 67.5 Å². The van der Waals surface area contributed by atoms with Gasteiger partial charge >= 0.3 is 6.03 Å². The van der Waals surface area contributed by atoms with Crippen molar-refractivity contribution in [1.29, 1.82) is 0 Å². The third kappa shape index (κ3) is 2.19. The molecule has 0 aliphatic carbocycles. The van der Waals surface area contributed by atoms with Gasteiger partial charge in [0.1, 0.15) is 0 Å². The summed E-state index contributed by atoms with van der Waals surface area (Å²) in [7, 11) is 0. The van der Waals surface area contributed by atoms with E-state index in [1.165, 1.54) is 0 Å². The molecular weight excluding hydrogens is 250 g/mol. The van der Waals surface area contributed by atoms with Crippen LogP contribution < -0.4 is 11.2 Å². The van der Waals surface area contributed by atoms with E-state index in [1.54, 1.807) is 6.21 Å². The molecule has 20 heavy (non-hydrogen) atoms. The Morgan fingerprint density at radius 1 is 1.00 bits per heavy atom. The molecule has 4 nitrogen and oxygen atoms in total. The van der Waals surface area contributed by atoms with E-state index in [0.29, 0.717) is 0 Å². The Hall–Kier alpha value is -2.88. The molecule has 0 saturated carbocycles. The Kier molecular flexibility index (Phi) is 3.05. The summed E-state index contributed by atoms with van der Waals surface area (Å²) in [6.07, 6.45) is 1.63. The molecule has 0 spiro atoms. The highest BCUT2D eigenvalue weighted by Gasteiger charge is 2.05. The number of fused-ring (bicyclic) bond motifs is 2. The Morgan fingerprint density at radius 2 is 1.55 bits per heavy atom. The minimum Gasteiger partial charge on any atom is -0.350 e. The van der Waals surface area contributed by atoms with Crippen LogP contribution in [0.3, 0.4) is 0 Å². The summed E-state index contributed by atoms with van der Waals surface area (Å²) in [6.45, 7) is 0. The highest BCUT2D eigenvalue weighted by Crippen LogP contribution is 2.27. The number of nitrogens with one attached hydrogen (secondary N) is 1. The highest BCUT2D eigenvalue weighted by molar-refractivity contribution is 6.13. The lowest BCUT2D eigenvalue weighted by Gasteiger charge is -2.07. The lowest BCUT2D eigenvalue weighted by Crippen LogP contribution is -2.24. The maximum absolute atomic E-state index is 10.7. The number of carbonyl (C=O) groups is 1. The zero-order valence-electron chi connectivity index (χ0n) is 10.7. The van der Waals surface area contributed by atoms with Gasteiger partial charge in [-0.05, 0) is 27.6 Å². The van der Waals surface area contributed by atoms with Crippen LogP contribution in [-0.2, 0) is 0 Å². The number of hydrazone groups is 1. The standard InChI is InChI=1S/C16H13N3O/c17-16(20)19-18-10-15-13-7-3-1-5-11(13)9-12-6-2-4-8-14(12)15/h1-10H,(H3,17,19,20)/b18-10-. The second-order valence-electron chi connectivity index (χ2n) is 4.47. The molecule has 0 aromatic heterocycles. The summed E-state index contributed by atoms with van der Waals surface area (Å²) in [5.74, 6) is 0. The van der Waals surface area contributed by atoms with Crippen molar-refractivity contribution in [3.63, 3.8) is 0 Å². The molecular formula is C16H13N3O. The third-order valence-corrected chi connectivity index (χ3v) is 3.18. The van der Waals surface area contributed by atoms with E-state index < -0.39 is 6.03 Å². The summed E-state index contributed by atoms with van der Waals surface area (Å²) < 4.78 is 0. The van der Waals surface area contributed by atoms with Crippen LogP contribution in [0, 0.1) is 0 Å².